The van der Waals surface area contributed by atoms with Crippen molar-refractivity contribution in [2.75, 3.05) is 18.5 Å². The van der Waals surface area contributed by atoms with Crippen LogP contribution in [0.3, 0.4) is 0 Å². The number of hydrogen-bond acceptors (Lipinski definition) is 4. The van der Waals surface area contributed by atoms with E-state index in [2.05, 4.69) is 17.6 Å². The number of rotatable bonds is 6. The number of carbonyl (C=O) groups excluding carboxylic acids is 1. The molecule has 0 radical (unpaired) electrons. The summed E-state index contributed by atoms with van der Waals surface area (Å²) in [6, 6.07) is 13.2. The number of anilines is 1. The summed E-state index contributed by atoms with van der Waals surface area (Å²) < 4.78 is 5.36. The Morgan fingerprint density at radius 3 is 2.96 bits per heavy atom. The van der Waals surface area contributed by atoms with Crippen LogP contribution < -0.4 is 15.4 Å². The van der Waals surface area contributed by atoms with E-state index >= 15 is 0 Å². The molecule has 3 N–H and O–H groups in total. The molecule has 1 aliphatic heterocycles. The Morgan fingerprint density at radius 1 is 1.32 bits per heavy atom. The maximum atomic E-state index is 11.4. The number of fused-ring (bicyclic) bond motifs is 1. The molecular formula is C19H21ClN2O3. The largest absolute Gasteiger partial charge is 0.482 e. The van der Waals surface area contributed by atoms with Gasteiger partial charge in [-0.3, -0.25) is 4.79 Å². The van der Waals surface area contributed by atoms with Crippen molar-refractivity contribution < 1.29 is 14.6 Å². The zero-order chi connectivity index (χ0) is 17.8. The van der Waals surface area contributed by atoms with E-state index in [1.165, 1.54) is 0 Å². The number of halogens is 1. The normalized spacial score (nSPS) is 15.7. The molecule has 2 aromatic rings. The van der Waals surface area contributed by atoms with Crippen molar-refractivity contribution in [1.29, 1.82) is 0 Å². The van der Waals surface area contributed by atoms with E-state index in [4.69, 9.17) is 16.3 Å². The van der Waals surface area contributed by atoms with Crippen LogP contribution in [-0.4, -0.2) is 30.2 Å². The van der Waals surface area contributed by atoms with E-state index in [0.717, 1.165) is 17.5 Å². The third kappa shape index (κ3) is 4.72. The quantitative estimate of drug-likeness (QED) is 0.740. The fourth-order valence-corrected chi connectivity index (χ4v) is 3.03. The zero-order valence-electron chi connectivity index (χ0n) is 14.0. The highest BCUT2D eigenvalue weighted by Crippen LogP contribution is 2.28. The number of aliphatic hydroxyl groups is 1. The van der Waals surface area contributed by atoms with Gasteiger partial charge >= 0.3 is 0 Å². The minimum absolute atomic E-state index is 0.0612. The second-order valence-corrected chi connectivity index (χ2v) is 6.69. The first-order valence-corrected chi connectivity index (χ1v) is 8.61. The van der Waals surface area contributed by atoms with E-state index in [1.807, 2.05) is 30.3 Å². The average Bonchev–Trinajstić information content (AvgIpc) is 2.59. The van der Waals surface area contributed by atoms with E-state index in [9.17, 15) is 9.90 Å². The molecular weight excluding hydrogens is 340 g/mol. The van der Waals surface area contributed by atoms with Gasteiger partial charge in [-0.25, -0.2) is 0 Å². The number of ether oxygens (including phenoxy) is 1. The molecule has 3 rings (SSSR count). The van der Waals surface area contributed by atoms with Gasteiger partial charge in [0, 0.05) is 17.6 Å². The number of benzene rings is 2. The molecule has 2 atom stereocenters. The van der Waals surface area contributed by atoms with Crippen LogP contribution >= 0.6 is 11.6 Å². The van der Waals surface area contributed by atoms with Gasteiger partial charge in [0.2, 0.25) is 0 Å². The smallest absolute Gasteiger partial charge is 0.262 e. The summed E-state index contributed by atoms with van der Waals surface area (Å²) in [4.78, 5) is 11.4. The first kappa shape index (κ1) is 17.7. The molecule has 2 unspecified atom stereocenters. The second-order valence-electron chi connectivity index (χ2n) is 6.25. The number of amides is 1. The Balaban J connectivity index is 1.55. The van der Waals surface area contributed by atoms with Gasteiger partial charge in [0.1, 0.15) is 5.75 Å². The summed E-state index contributed by atoms with van der Waals surface area (Å²) in [6.45, 7) is 2.55. The van der Waals surface area contributed by atoms with Gasteiger partial charge in [0.05, 0.1) is 11.8 Å². The van der Waals surface area contributed by atoms with Crippen LogP contribution in [0.4, 0.5) is 5.69 Å². The Hall–Kier alpha value is -2.08. The van der Waals surface area contributed by atoms with Crippen LogP contribution in [0.5, 0.6) is 5.75 Å². The van der Waals surface area contributed by atoms with Gasteiger partial charge in [0.25, 0.3) is 5.91 Å². The second kappa shape index (κ2) is 7.87. The van der Waals surface area contributed by atoms with Crippen molar-refractivity contribution in [3.63, 3.8) is 0 Å². The van der Waals surface area contributed by atoms with Crippen molar-refractivity contribution in [1.82, 2.24) is 5.32 Å². The van der Waals surface area contributed by atoms with Gasteiger partial charge in [0.15, 0.2) is 6.61 Å². The lowest BCUT2D eigenvalue weighted by atomic mass is 10.0. The summed E-state index contributed by atoms with van der Waals surface area (Å²) in [5.41, 5.74) is 2.59. The Kier molecular flexibility index (Phi) is 5.58. The van der Waals surface area contributed by atoms with Gasteiger partial charge in [-0.15, -0.1) is 0 Å². The van der Waals surface area contributed by atoms with Crippen LogP contribution in [0.1, 0.15) is 24.2 Å². The van der Waals surface area contributed by atoms with Gasteiger partial charge in [-0.05, 0) is 48.7 Å². The van der Waals surface area contributed by atoms with E-state index in [1.54, 1.807) is 12.1 Å². The van der Waals surface area contributed by atoms with Crippen LogP contribution in [0, 0.1) is 0 Å². The standard InChI is InChI=1S/C19H21ClN2O3/c1-12(21-10-17(23)14-3-2-4-15(20)9-14)7-13-5-6-18-16(8-13)22-19(24)11-25-18/h2-6,8-9,12,17,21,23H,7,10-11H2,1H3,(H,22,24). The topological polar surface area (TPSA) is 70.6 Å². The number of hydrogen-bond donors (Lipinski definition) is 3. The minimum Gasteiger partial charge on any atom is -0.482 e. The van der Waals surface area contributed by atoms with E-state index in [-0.39, 0.29) is 18.6 Å². The number of aliphatic hydroxyl groups excluding tert-OH is 1. The van der Waals surface area contributed by atoms with Crippen molar-refractivity contribution in [3.05, 3.63) is 58.6 Å². The maximum Gasteiger partial charge on any atom is 0.262 e. The summed E-state index contributed by atoms with van der Waals surface area (Å²) >= 11 is 5.96. The predicted molar refractivity (Wildman–Crippen MR) is 98.1 cm³/mol. The maximum absolute atomic E-state index is 11.4. The molecule has 1 heterocycles. The lowest BCUT2D eigenvalue weighted by Crippen LogP contribution is -2.32. The predicted octanol–water partition coefficient (Wildman–Crippen LogP) is 2.93. The summed E-state index contributed by atoms with van der Waals surface area (Å²) in [6.07, 6.45) is 0.156. The Bertz CT molecular complexity index is 766. The van der Waals surface area contributed by atoms with Crippen LogP contribution in [0.25, 0.3) is 0 Å². The highest BCUT2D eigenvalue weighted by Gasteiger charge is 2.17. The summed E-state index contributed by atoms with van der Waals surface area (Å²) in [5.74, 6) is 0.556. The molecule has 25 heavy (non-hydrogen) atoms. The van der Waals surface area contributed by atoms with E-state index in [0.29, 0.717) is 23.0 Å². The molecule has 132 valence electrons. The SMILES string of the molecule is CC(Cc1ccc2c(c1)NC(=O)CO2)NCC(O)c1cccc(Cl)c1. The van der Waals surface area contributed by atoms with Gasteiger partial charge in [-0.1, -0.05) is 29.8 Å². The Labute approximate surface area is 152 Å². The molecule has 0 fully saturated rings. The first-order valence-electron chi connectivity index (χ1n) is 8.24. The summed E-state index contributed by atoms with van der Waals surface area (Å²) in [7, 11) is 0. The van der Waals surface area contributed by atoms with Crippen LogP contribution in [0.15, 0.2) is 42.5 Å². The molecule has 2 aromatic carbocycles. The fraction of sp³-hybridized carbons (Fsp3) is 0.316. The molecule has 6 heteroatoms. The third-order valence-corrected chi connectivity index (χ3v) is 4.35. The molecule has 0 bridgehead atoms. The Morgan fingerprint density at radius 2 is 2.16 bits per heavy atom. The molecule has 5 nitrogen and oxygen atoms in total. The molecule has 0 aromatic heterocycles. The lowest BCUT2D eigenvalue weighted by molar-refractivity contribution is -0.118. The average molecular weight is 361 g/mol. The highest BCUT2D eigenvalue weighted by atomic mass is 35.5. The van der Waals surface area contributed by atoms with Crippen molar-refractivity contribution in [3.8, 4) is 5.75 Å². The lowest BCUT2D eigenvalue weighted by Gasteiger charge is -2.20. The first-order chi connectivity index (χ1) is 12.0. The highest BCUT2D eigenvalue weighted by molar-refractivity contribution is 6.30. The van der Waals surface area contributed by atoms with Crippen LogP contribution in [-0.2, 0) is 11.2 Å². The van der Waals surface area contributed by atoms with Gasteiger partial charge < -0.3 is 20.5 Å². The third-order valence-electron chi connectivity index (χ3n) is 4.11. The molecule has 0 saturated heterocycles. The van der Waals surface area contributed by atoms with Crippen LogP contribution in [0.2, 0.25) is 5.02 Å². The van der Waals surface area contributed by atoms with Crippen molar-refractivity contribution >= 4 is 23.2 Å². The fourth-order valence-electron chi connectivity index (χ4n) is 2.83. The molecule has 1 amide bonds. The van der Waals surface area contributed by atoms with Crippen molar-refractivity contribution in [2.24, 2.45) is 0 Å². The monoisotopic (exact) mass is 360 g/mol. The minimum atomic E-state index is -0.614. The van der Waals surface area contributed by atoms with Gasteiger partial charge in [-0.2, -0.15) is 0 Å². The zero-order valence-corrected chi connectivity index (χ0v) is 14.7. The number of nitrogens with one attached hydrogen (secondary N) is 2. The molecule has 1 aliphatic rings. The molecule has 0 saturated carbocycles. The molecule has 0 spiro atoms. The summed E-state index contributed by atoms with van der Waals surface area (Å²) in [5, 5.41) is 17.0. The number of carbonyl (C=O) groups is 1. The van der Waals surface area contributed by atoms with Crippen molar-refractivity contribution in [2.45, 2.75) is 25.5 Å². The molecule has 0 aliphatic carbocycles. The van der Waals surface area contributed by atoms with E-state index < -0.39 is 6.10 Å².